The normalized spacial score (nSPS) is 10.9. The van der Waals surface area contributed by atoms with Gasteiger partial charge in [-0.3, -0.25) is 4.79 Å². The van der Waals surface area contributed by atoms with Crippen LogP contribution >= 0.6 is 0 Å². The van der Waals surface area contributed by atoms with Gasteiger partial charge in [-0.2, -0.15) is 5.21 Å². The highest BCUT2D eigenvalue weighted by Gasteiger charge is 2.22. The molecule has 0 atom stereocenters. The molecule has 1 heterocycles. The third-order valence-electron chi connectivity index (χ3n) is 2.75. The minimum absolute atomic E-state index is 0.0729. The topological polar surface area (TPSA) is 74.8 Å². The van der Waals surface area contributed by atoms with E-state index in [1.54, 1.807) is 0 Å². The van der Waals surface area contributed by atoms with Crippen LogP contribution in [0.1, 0.15) is 30.0 Å². The molecule has 0 aliphatic carbocycles. The van der Waals surface area contributed by atoms with Gasteiger partial charge in [0, 0.05) is 6.54 Å². The number of aromatic amines is 1. The first kappa shape index (κ1) is 15.0. The molecule has 2 aromatic rings. The molecule has 112 valence electrons. The lowest BCUT2D eigenvalue weighted by molar-refractivity contribution is 0.0712. The minimum atomic E-state index is -0.761. The Balaban J connectivity index is 2.26. The summed E-state index contributed by atoms with van der Waals surface area (Å²) in [5.41, 5.74) is -0.306. The molecule has 0 fully saturated rings. The van der Waals surface area contributed by atoms with Crippen molar-refractivity contribution in [1.82, 2.24) is 25.5 Å². The maximum Gasteiger partial charge on any atom is 0.257 e. The molecule has 0 bridgehead atoms. The van der Waals surface area contributed by atoms with Gasteiger partial charge in [0.2, 0.25) is 0 Å². The van der Waals surface area contributed by atoms with Gasteiger partial charge in [0.15, 0.2) is 5.82 Å². The zero-order valence-electron chi connectivity index (χ0n) is 11.7. The van der Waals surface area contributed by atoms with Crippen molar-refractivity contribution < 1.29 is 13.6 Å². The molecule has 0 unspecified atom stereocenters. The van der Waals surface area contributed by atoms with Crippen molar-refractivity contribution in [2.75, 3.05) is 6.54 Å². The minimum Gasteiger partial charge on any atom is -0.331 e. The summed E-state index contributed by atoms with van der Waals surface area (Å²) < 4.78 is 27.0. The van der Waals surface area contributed by atoms with E-state index in [2.05, 4.69) is 20.6 Å². The van der Waals surface area contributed by atoms with E-state index in [1.165, 1.54) is 4.90 Å². The highest BCUT2D eigenvalue weighted by atomic mass is 19.1. The van der Waals surface area contributed by atoms with E-state index >= 15 is 0 Å². The zero-order valence-corrected chi connectivity index (χ0v) is 11.7. The number of aromatic nitrogens is 4. The van der Waals surface area contributed by atoms with Gasteiger partial charge in [-0.1, -0.05) is 19.1 Å². The molecule has 1 N–H and O–H groups in total. The highest BCUT2D eigenvalue weighted by molar-refractivity contribution is 5.94. The summed E-state index contributed by atoms with van der Waals surface area (Å²) in [4.78, 5) is 13.8. The number of tetrazole rings is 1. The average Bonchev–Trinajstić information content (AvgIpc) is 2.92. The lowest BCUT2D eigenvalue weighted by Gasteiger charge is -2.23. The summed E-state index contributed by atoms with van der Waals surface area (Å²) in [5, 5.41) is 13.2. The number of hydrogen-bond acceptors (Lipinski definition) is 4. The first-order chi connectivity index (χ1) is 9.97. The van der Waals surface area contributed by atoms with Crippen molar-refractivity contribution in [3.8, 4) is 0 Å². The Kier molecular flexibility index (Phi) is 4.56. The van der Waals surface area contributed by atoms with Crippen molar-refractivity contribution in [2.45, 2.75) is 20.4 Å². The number of nitrogens with one attached hydrogen (secondary N) is 1. The predicted octanol–water partition coefficient (Wildman–Crippen LogP) is 1.78. The van der Waals surface area contributed by atoms with Gasteiger partial charge in [-0.05, 0) is 24.1 Å². The third-order valence-corrected chi connectivity index (χ3v) is 2.75. The average molecular weight is 295 g/mol. The van der Waals surface area contributed by atoms with Crippen LogP contribution in [0.5, 0.6) is 0 Å². The highest BCUT2D eigenvalue weighted by Crippen LogP contribution is 2.15. The van der Waals surface area contributed by atoms with Crippen LogP contribution < -0.4 is 0 Å². The van der Waals surface area contributed by atoms with Gasteiger partial charge < -0.3 is 4.90 Å². The monoisotopic (exact) mass is 295 g/mol. The van der Waals surface area contributed by atoms with Crippen LogP contribution in [0.3, 0.4) is 0 Å². The Bertz CT molecular complexity index is 615. The predicted molar refractivity (Wildman–Crippen MR) is 70.1 cm³/mol. The fraction of sp³-hybridized carbons (Fsp3) is 0.385. The second kappa shape index (κ2) is 6.38. The molecule has 1 amide bonds. The van der Waals surface area contributed by atoms with E-state index in [-0.39, 0.29) is 18.0 Å². The van der Waals surface area contributed by atoms with Crippen LogP contribution in [0.15, 0.2) is 18.2 Å². The number of nitrogens with zero attached hydrogens (tertiary/aromatic N) is 4. The number of carbonyl (C=O) groups is 1. The van der Waals surface area contributed by atoms with E-state index in [0.29, 0.717) is 12.4 Å². The number of amides is 1. The molecule has 0 saturated carbocycles. The first-order valence-electron chi connectivity index (χ1n) is 6.44. The summed E-state index contributed by atoms with van der Waals surface area (Å²) in [6.45, 7) is 4.27. The van der Waals surface area contributed by atoms with Crippen LogP contribution in [0.4, 0.5) is 8.78 Å². The summed E-state index contributed by atoms with van der Waals surface area (Å²) >= 11 is 0. The molecule has 0 aliphatic heterocycles. The lowest BCUT2D eigenvalue weighted by Crippen LogP contribution is -2.34. The van der Waals surface area contributed by atoms with Gasteiger partial charge >= 0.3 is 0 Å². The number of benzene rings is 1. The summed E-state index contributed by atoms with van der Waals surface area (Å²) in [5.74, 6) is -1.57. The Morgan fingerprint density at radius 3 is 2.76 bits per heavy atom. The van der Waals surface area contributed by atoms with E-state index in [9.17, 15) is 13.6 Å². The maximum absolute atomic E-state index is 13.7. The third kappa shape index (κ3) is 3.80. The quantitative estimate of drug-likeness (QED) is 0.912. The second-order valence-corrected chi connectivity index (χ2v) is 5.03. The van der Waals surface area contributed by atoms with Crippen LogP contribution in [-0.4, -0.2) is 38.0 Å². The molecule has 1 aromatic heterocycles. The molecule has 21 heavy (non-hydrogen) atoms. The molecule has 0 radical (unpaired) electrons. The van der Waals surface area contributed by atoms with Crippen molar-refractivity contribution in [1.29, 1.82) is 0 Å². The van der Waals surface area contributed by atoms with Gasteiger partial charge in [0.1, 0.15) is 11.6 Å². The summed E-state index contributed by atoms with van der Waals surface area (Å²) in [6, 6.07) is 2.80. The van der Waals surface area contributed by atoms with Crippen molar-refractivity contribution in [3.63, 3.8) is 0 Å². The van der Waals surface area contributed by atoms with Crippen molar-refractivity contribution in [2.24, 2.45) is 5.92 Å². The van der Waals surface area contributed by atoms with Gasteiger partial charge in [0.25, 0.3) is 5.91 Å². The van der Waals surface area contributed by atoms with Crippen LogP contribution in [0.2, 0.25) is 0 Å². The Labute approximate surface area is 120 Å². The number of carbonyl (C=O) groups excluding carboxylic acids is 1. The lowest BCUT2D eigenvalue weighted by atomic mass is 10.1. The molecule has 6 nitrogen and oxygen atoms in total. The number of halogens is 2. The van der Waals surface area contributed by atoms with E-state index in [1.807, 2.05) is 13.8 Å². The fourth-order valence-corrected chi connectivity index (χ4v) is 1.91. The molecule has 0 saturated heterocycles. The van der Waals surface area contributed by atoms with Crippen molar-refractivity contribution in [3.05, 3.63) is 41.2 Å². The molecule has 8 heteroatoms. The Morgan fingerprint density at radius 1 is 1.38 bits per heavy atom. The summed E-state index contributed by atoms with van der Waals surface area (Å²) in [6.07, 6.45) is 0. The van der Waals surface area contributed by atoms with E-state index in [0.717, 1.165) is 18.2 Å². The first-order valence-corrected chi connectivity index (χ1v) is 6.44. The standard InChI is InChI=1S/C13H15F2N5O/c1-8(2)6-20(7-12-16-18-19-17-12)13(21)10-5-9(14)3-4-11(10)15/h3-5,8H,6-7H2,1-2H3,(H,16,17,18,19). The van der Waals surface area contributed by atoms with Crippen LogP contribution in [0, 0.1) is 17.6 Å². The molecule has 2 rings (SSSR count). The number of hydrogen-bond donors (Lipinski definition) is 1. The van der Waals surface area contributed by atoms with Crippen LogP contribution in [-0.2, 0) is 6.54 Å². The van der Waals surface area contributed by atoms with Gasteiger partial charge in [-0.25, -0.2) is 8.78 Å². The molecule has 0 spiro atoms. The van der Waals surface area contributed by atoms with Crippen molar-refractivity contribution >= 4 is 5.91 Å². The van der Waals surface area contributed by atoms with E-state index < -0.39 is 17.5 Å². The SMILES string of the molecule is CC(C)CN(Cc1nn[nH]n1)C(=O)c1cc(F)ccc1F. The van der Waals surface area contributed by atoms with Gasteiger partial charge in [0.05, 0.1) is 12.1 Å². The van der Waals surface area contributed by atoms with Crippen LogP contribution in [0.25, 0.3) is 0 Å². The van der Waals surface area contributed by atoms with E-state index in [4.69, 9.17) is 0 Å². The largest absolute Gasteiger partial charge is 0.331 e. The molecular formula is C13H15F2N5O. The molecule has 0 aliphatic rings. The van der Waals surface area contributed by atoms with Gasteiger partial charge in [-0.15, -0.1) is 10.2 Å². The summed E-state index contributed by atoms with van der Waals surface area (Å²) in [7, 11) is 0. The smallest absolute Gasteiger partial charge is 0.257 e. The molecule has 1 aromatic carbocycles. The Hall–Kier alpha value is -2.38. The maximum atomic E-state index is 13.7. The zero-order chi connectivity index (χ0) is 15.4. The molecular weight excluding hydrogens is 280 g/mol. The second-order valence-electron chi connectivity index (χ2n) is 5.03. The Morgan fingerprint density at radius 2 is 2.14 bits per heavy atom. The number of rotatable bonds is 5. The fourth-order valence-electron chi connectivity index (χ4n) is 1.91. The number of H-pyrrole nitrogens is 1.